The standard InChI is InChI=1S/C22H36N6O2S/c1-4-22(3)19(29)28(21(30)26-22)14-9-11-24-20(23-5-2)25-16-17(18-10-8-15-31-18)27-12-6-7-13-27/h8,10,15,17H,4-7,9,11-14,16H2,1-3H3,(H,26,30)(H2,23,24,25). The molecule has 31 heavy (non-hydrogen) atoms. The number of thiophene rings is 1. The van der Waals surface area contributed by atoms with Gasteiger partial charge < -0.3 is 16.0 Å². The maximum Gasteiger partial charge on any atom is 0.325 e. The van der Waals surface area contributed by atoms with Crippen LogP contribution < -0.4 is 16.0 Å². The highest BCUT2D eigenvalue weighted by Crippen LogP contribution is 2.28. The molecule has 0 aromatic carbocycles. The molecule has 2 aliphatic rings. The minimum absolute atomic E-state index is 0.134. The van der Waals surface area contributed by atoms with Crippen molar-refractivity contribution in [2.45, 2.75) is 58.0 Å². The van der Waals surface area contributed by atoms with Crippen LogP contribution in [0.2, 0.25) is 0 Å². The fourth-order valence-electron chi connectivity index (χ4n) is 4.07. The van der Waals surface area contributed by atoms with E-state index in [1.165, 1.54) is 22.6 Å². The minimum Gasteiger partial charge on any atom is -0.357 e. The Morgan fingerprint density at radius 3 is 2.68 bits per heavy atom. The van der Waals surface area contributed by atoms with E-state index in [0.717, 1.165) is 25.6 Å². The summed E-state index contributed by atoms with van der Waals surface area (Å²) < 4.78 is 0. The van der Waals surface area contributed by atoms with Gasteiger partial charge in [-0.15, -0.1) is 11.3 Å². The third-order valence-electron chi connectivity index (χ3n) is 6.12. The number of hydrogen-bond acceptors (Lipinski definition) is 5. The molecular formula is C22H36N6O2S. The summed E-state index contributed by atoms with van der Waals surface area (Å²) >= 11 is 1.79. The number of nitrogens with one attached hydrogen (secondary N) is 3. The summed E-state index contributed by atoms with van der Waals surface area (Å²) in [5, 5.41) is 11.6. The summed E-state index contributed by atoms with van der Waals surface area (Å²) in [6.07, 6.45) is 3.77. The molecule has 0 aliphatic carbocycles. The van der Waals surface area contributed by atoms with Crippen LogP contribution in [0.3, 0.4) is 0 Å². The number of amides is 3. The monoisotopic (exact) mass is 448 g/mol. The van der Waals surface area contributed by atoms with Crippen LogP contribution in [0.4, 0.5) is 4.79 Å². The van der Waals surface area contributed by atoms with Gasteiger partial charge >= 0.3 is 6.03 Å². The molecule has 8 nitrogen and oxygen atoms in total. The van der Waals surface area contributed by atoms with Crippen molar-refractivity contribution in [1.82, 2.24) is 25.8 Å². The molecule has 0 bridgehead atoms. The smallest absolute Gasteiger partial charge is 0.325 e. The number of aliphatic imine (C=N–C) groups is 1. The number of guanidine groups is 1. The van der Waals surface area contributed by atoms with Crippen LogP contribution in [0.25, 0.3) is 0 Å². The first kappa shape index (κ1) is 23.5. The van der Waals surface area contributed by atoms with Gasteiger partial charge in [0.1, 0.15) is 5.54 Å². The number of urea groups is 1. The first-order chi connectivity index (χ1) is 15.0. The van der Waals surface area contributed by atoms with Crippen LogP contribution in [0.15, 0.2) is 22.5 Å². The van der Waals surface area contributed by atoms with Gasteiger partial charge in [-0.05, 0) is 64.1 Å². The summed E-state index contributed by atoms with van der Waals surface area (Å²) in [6, 6.07) is 4.33. The fraction of sp³-hybridized carbons (Fsp3) is 0.682. The fourth-order valence-corrected chi connectivity index (χ4v) is 4.92. The van der Waals surface area contributed by atoms with Gasteiger partial charge in [0.15, 0.2) is 5.96 Å². The molecule has 2 aliphatic heterocycles. The molecule has 1 aromatic heterocycles. The van der Waals surface area contributed by atoms with Crippen molar-refractivity contribution in [2.75, 3.05) is 39.3 Å². The predicted molar refractivity (Wildman–Crippen MR) is 125 cm³/mol. The third-order valence-corrected chi connectivity index (χ3v) is 7.10. The number of likely N-dealkylation sites (tertiary alicyclic amines) is 1. The average molecular weight is 449 g/mol. The lowest BCUT2D eigenvalue weighted by Gasteiger charge is -2.25. The van der Waals surface area contributed by atoms with E-state index in [0.29, 0.717) is 38.5 Å². The lowest BCUT2D eigenvalue weighted by molar-refractivity contribution is -0.130. The highest BCUT2D eigenvalue weighted by atomic mass is 32.1. The molecule has 0 radical (unpaired) electrons. The molecule has 2 unspecified atom stereocenters. The van der Waals surface area contributed by atoms with Gasteiger partial charge in [0.2, 0.25) is 0 Å². The maximum absolute atomic E-state index is 12.5. The normalized spacial score (nSPS) is 23.3. The molecule has 2 atom stereocenters. The number of imide groups is 1. The van der Waals surface area contributed by atoms with E-state index in [9.17, 15) is 9.59 Å². The number of rotatable bonds is 10. The molecular weight excluding hydrogens is 412 g/mol. The predicted octanol–water partition coefficient (Wildman–Crippen LogP) is 2.55. The Morgan fingerprint density at radius 1 is 1.29 bits per heavy atom. The van der Waals surface area contributed by atoms with Gasteiger partial charge in [0, 0.05) is 24.5 Å². The van der Waals surface area contributed by atoms with Crippen molar-refractivity contribution in [3.63, 3.8) is 0 Å². The molecule has 172 valence electrons. The molecule has 0 saturated carbocycles. The first-order valence-corrected chi connectivity index (χ1v) is 12.3. The molecule has 3 rings (SSSR count). The molecule has 3 N–H and O–H groups in total. The molecule has 2 fully saturated rings. The van der Waals surface area contributed by atoms with Crippen LogP contribution in [0.5, 0.6) is 0 Å². The molecule has 3 heterocycles. The van der Waals surface area contributed by atoms with Gasteiger partial charge in [0.05, 0.1) is 12.6 Å². The van der Waals surface area contributed by atoms with Gasteiger partial charge in [-0.25, -0.2) is 4.79 Å². The first-order valence-electron chi connectivity index (χ1n) is 11.4. The van der Waals surface area contributed by atoms with Crippen molar-refractivity contribution in [3.8, 4) is 0 Å². The van der Waals surface area contributed by atoms with Crippen LogP contribution in [-0.4, -0.2) is 72.5 Å². The Morgan fingerprint density at radius 2 is 2.06 bits per heavy atom. The summed E-state index contributed by atoms with van der Waals surface area (Å²) in [5.41, 5.74) is -0.771. The van der Waals surface area contributed by atoms with Crippen molar-refractivity contribution < 1.29 is 9.59 Å². The van der Waals surface area contributed by atoms with E-state index in [1.54, 1.807) is 18.3 Å². The second-order valence-electron chi connectivity index (χ2n) is 8.35. The van der Waals surface area contributed by atoms with E-state index >= 15 is 0 Å². The lowest BCUT2D eigenvalue weighted by Crippen LogP contribution is -2.43. The van der Waals surface area contributed by atoms with Crippen LogP contribution >= 0.6 is 11.3 Å². The minimum atomic E-state index is -0.771. The lowest BCUT2D eigenvalue weighted by atomic mass is 9.99. The van der Waals surface area contributed by atoms with Crippen molar-refractivity contribution >= 4 is 29.2 Å². The summed E-state index contributed by atoms with van der Waals surface area (Å²) in [4.78, 5) is 34.7. The topological polar surface area (TPSA) is 89.1 Å². The Kier molecular flexibility index (Phi) is 8.31. The summed E-state index contributed by atoms with van der Waals surface area (Å²) in [5.74, 6) is 0.642. The second-order valence-corrected chi connectivity index (χ2v) is 9.33. The zero-order valence-electron chi connectivity index (χ0n) is 18.9. The number of nitrogens with zero attached hydrogens (tertiary/aromatic N) is 3. The van der Waals surface area contributed by atoms with E-state index in [1.807, 2.05) is 13.8 Å². The molecule has 1 aromatic rings. The third kappa shape index (κ3) is 5.77. The van der Waals surface area contributed by atoms with E-state index < -0.39 is 5.54 Å². The van der Waals surface area contributed by atoms with Gasteiger partial charge in [-0.2, -0.15) is 0 Å². The van der Waals surface area contributed by atoms with Crippen LogP contribution in [0.1, 0.15) is 57.4 Å². The van der Waals surface area contributed by atoms with Gasteiger partial charge in [0.25, 0.3) is 5.91 Å². The molecule has 0 spiro atoms. The van der Waals surface area contributed by atoms with Gasteiger partial charge in [-0.3, -0.25) is 19.6 Å². The van der Waals surface area contributed by atoms with Gasteiger partial charge in [-0.1, -0.05) is 13.0 Å². The number of carbonyl (C=O) groups excluding carboxylic acids is 2. The van der Waals surface area contributed by atoms with Crippen molar-refractivity contribution in [1.29, 1.82) is 0 Å². The number of carbonyl (C=O) groups is 2. The summed E-state index contributed by atoms with van der Waals surface area (Å²) in [6.45, 7) is 10.5. The zero-order chi connectivity index (χ0) is 22.3. The highest BCUT2D eigenvalue weighted by Gasteiger charge is 2.45. The van der Waals surface area contributed by atoms with E-state index in [2.05, 4.69) is 38.4 Å². The number of hydrogen-bond donors (Lipinski definition) is 3. The maximum atomic E-state index is 12.5. The Bertz CT molecular complexity index is 762. The largest absolute Gasteiger partial charge is 0.357 e. The van der Waals surface area contributed by atoms with Crippen LogP contribution in [0, 0.1) is 0 Å². The average Bonchev–Trinajstić information content (AvgIpc) is 3.51. The Hall–Kier alpha value is -2.13. The Balaban J connectivity index is 1.52. The molecule has 3 amide bonds. The Labute approximate surface area is 189 Å². The quantitative estimate of drug-likeness (QED) is 0.222. The SMILES string of the molecule is CCNC(=NCC(c1cccs1)N1CCCC1)NCCCN1C(=O)NC(C)(CC)C1=O. The zero-order valence-corrected chi connectivity index (χ0v) is 19.8. The second kappa shape index (κ2) is 10.9. The van der Waals surface area contributed by atoms with E-state index in [4.69, 9.17) is 4.99 Å². The van der Waals surface area contributed by atoms with Crippen molar-refractivity contribution in [2.24, 2.45) is 4.99 Å². The summed E-state index contributed by atoms with van der Waals surface area (Å²) in [7, 11) is 0. The highest BCUT2D eigenvalue weighted by molar-refractivity contribution is 7.10. The molecule has 2 saturated heterocycles. The molecule has 9 heteroatoms. The van der Waals surface area contributed by atoms with Crippen molar-refractivity contribution in [3.05, 3.63) is 22.4 Å². The van der Waals surface area contributed by atoms with Crippen LogP contribution in [-0.2, 0) is 4.79 Å². The van der Waals surface area contributed by atoms with E-state index in [-0.39, 0.29) is 11.9 Å².